The predicted octanol–water partition coefficient (Wildman–Crippen LogP) is 7.26. The third-order valence-electron chi connectivity index (χ3n) is 8.25. The van der Waals surface area contributed by atoms with E-state index in [0.29, 0.717) is 11.3 Å². The van der Waals surface area contributed by atoms with Gasteiger partial charge in [0.05, 0.1) is 34.1 Å². The lowest BCUT2D eigenvalue weighted by atomic mass is 9.98. The van der Waals surface area contributed by atoms with Crippen molar-refractivity contribution in [3.05, 3.63) is 64.9 Å². The fourth-order valence-corrected chi connectivity index (χ4v) is 7.36. The van der Waals surface area contributed by atoms with Gasteiger partial charge in [0, 0.05) is 29.1 Å². The zero-order valence-corrected chi connectivity index (χ0v) is 22.2. The Labute approximate surface area is 231 Å². The van der Waals surface area contributed by atoms with Crippen molar-refractivity contribution >= 4 is 32.7 Å². The molecule has 0 spiro atoms. The van der Waals surface area contributed by atoms with Gasteiger partial charge in [0.2, 0.25) is 0 Å². The van der Waals surface area contributed by atoms with Crippen LogP contribution in [0.4, 0.5) is 18.3 Å². The van der Waals surface area contributed by atoms with E-state index in [1.165, 1.54) is 23.5 Å². The smallest absolute Gasteiger partial charge is 0.417 e. The highest BCUT2D eigenvalue weighted by molar-refractivity contribution is 7.22. The minimum atomic E-state index is -4.50. The highest BCUT2D eigenvalue weighted by Crippen LogP contribution is 2.47. The predicted molar refractivity (Wildman–Crippen MR) is 143 cm³/mol. The SMILES string of the molecule is O=C(O)c1ccc2nc(N3[C@@H]4CC[C@H]3C[C@@H](OCc3c(-c5ccccc5C(F)(F)F)noc3C3CC3)C4)sc2c1. The molecule has 3 fully saturated rings. The topological polar surface area (TPSA) is 88.7 Å². The van der Waals surface area contributed by atoms with Crippen LogP contribution in [0.2, 0.25) is 0 Å². The Morgan fingerprint density at radius 2 is 1.85 bits per heavy atom. The van der Waals surface area contributed by atoms with Gasteiger partial charge in [0.15, 0.2) is 5.13 Å². The van der Waals surface area contributed by atoms with E-state index in [9.17, 15) is 23.1 Å². The number of hydrogen-bond donors (Lipinski definition) is 1. The minimum absolute atomic E-state index is 0.0148. The van der Waals surface area contributed by atoms with Crippen molar-refractivity contribution in [2.45, 2.75) is 75.4 Å². The molecule has 11 heteroatoms. The van der Waals surface area contributed by atoms with Crippen LogP contribution in [0.15, 0.2) is 47.0 Å². The maximum absolute atomic E-state index is 13.8. The number of nitrogens with zero attached hydrogens (tertiary/aromatic N) is 3. The summed E-state index contributed by atoms with van der Waals surface area (Å²) in [5.41, 5.74) is 1.15. The Morgan fingerprint density at radius 1 is 1.10 bits per heavy atom. The van der Waals surface area contributed by atoms with E-state index in [4.69, 9.17) is 14.2 Å². The number of aromatic carboxylic acids is 1. The summed E-state index contributed by atoms with van der Waals surface area (Å²) in [4.78, 5) is 18.5. The first-order valence-electron chi connectivity index (χ1n) is 13.4. The summed E-state index contributed by atoms with van der Waals surface area (Å²) < 4.78 is 54.2. The van der Waals surface area contributed by atoms with E-state index in [2.05, 4.69) is 10.1 Å². The number of benzene rings is 2. The van der Waals surface area contributed by atoms with Gasteiger partial charge in [-0.25, -0.2) is 9.78 Å². The van der Waals surface area contributed by atoms with Crippen LogP contribution in [0.5, 0.6) is 0 Å². The Balaban J connectivity index is 1.10. The first-order chi connectivity index (χ1) is 19.3. The number of fused-ring (bicyclic) bond motifs is 3. The number of aromatic nitrogens is 2. The average Bonchev–Trinajstić information content (AvgIpc) is 3.44. The molecule has 208 valence electrons. The van der Waals surface area contributed by atoms with Gasteiger partial charge < -0.3 is 19.3 Å². The number of carboxylic acid groups (broad SMARTS) is 1. The molecule has 2 aromatic carbocycles. The van der Waals surface area contributed by atoms with Gasteiger partial charge in [0.25, 0.3) is 0 Å². The summed E-state index contributed by atoms with van der Waals surface area (Å²) in [6.45, 7) is 0.153. The van der Waals surface area contributed by atoms with Crippen molar-refractivity contribution < 1.29 is 32.3 Å². The summed E-state index contributed by atoms with van der Waals surface area (Å²) in [6.07, 6.45) is 0.889. The van der Waals surface area contributed by atoms with Gasteiger partial charge >= 0.3 is 12.1 Å². The van der Waals surface area contributed by atoms with Crippen LogP contribution in [-0.4, -0.2) is 39.4 Å². The van der Waals surface area contributed by atoms with E-state index < -0.39 is 17.7 Å². The van der Waals surface area contributed by atoms with E-state index in [0.717, 1.165) is 59.9 Å². The van der Waals surface area contributed by atoms with E-state index in [1.54, 1.807) is 24.3 Å². The van der Waals surface area contributed by atoms with Crippen molar-refractivity contribution in [3.8, 4) is 11.3 Å². The molecule has 0 radical (unpaired) electrons. The number of carbonyl (C=O) groups is 1. The number of ether oxygens (including phenoxy) is 1. The zero-order chi connectivity index (χ0) is 27.6. The lowest BCUT2D eigenvalue weighted by Gasteiger charge is -2.38. The largest absolute Gasteiger partial charge is 0.478 e. The van der Waals surface area contributed by atoms with Gasteiger partial charge in [-0.05, 0) is 62.8 Å². The molecule has 1 N–H and O–H groups in total. The third kappa shape index (κ3) is 4.54. The quantitative estimate of drug-likeness (QED) is 0.251. The van der Waals surface area contributed by atoms with Crippen molar-refractivity contribution in [2.24, 2.45) is 0 Å². The Kier molecular flexibility index (Phi) is 6.12. The number of piperidine rings is 1. The molecule has 0 amide bonds. The van der Waals surface area contributed by atoms with E-state index in [-0.39, 0.29) is 47.5 Å². The molecule has 2 aliphatic heterocycles. The monoisotopic (exact) mass is 569 g/mol. The normalized spacial score (nSPS) is 22.8. The van der Waals surface area contributed by atoms with E-state index in [1.807, 2.05) is 0 Å². The number of halogens is 3. The minimum Gasteiger partial charge on any atom is -0.478 e. The Bertz CT molecular complexity index is 1580. The van der Waals surface area contributed by atoms with E-state index >= 15 is 0 Å². The zero-order valence-electron chi connectivity index (χ0n) is 21.4. The second kappa shape index (κ2) is 9.59. The molecule has 4 aromatic rings. The fraction of sp³-hybridized carbons (Fsp3) is 0.414. The van der Waals surface area contributed by atoms with Crippen molar-refractivity contribution in [1.82, 2.24) is 10.1 Å². The molecule has 3 aliphatic rings. The Hall–Kier alpha value is -3.44. The lowest BCUT2D eigenvalue weighted by molar-refractivity contribution is -0.137. The van der Waals surface area contributed by atoms with Crippen LogP contribution in [-0.2, 0) is 17.5 Å². The summed E-state index contributed by atoms with van der Waals surface area (Å²) in [5, 5.41) is 14.3. The molecule has 2 bridgehead atoms. The number of alkyl halides is 3. The highest BCUT2D eigenvalue weighted by Gasteiger charge is 2.43. The molecule has 2 aromatic heterocycles. The Morgan fingerprint density at radius 3 is 2.55 bits per heavy atom. The van der Waals surface area contributed by atoms with Crippen LogP contribution in [0, 0.1) is 0 Å². The molecule has 4 heterocycles. The van der Waals surface area contributed by atoms with Crippen LogP contribution < -0.4 is 4.90 Å². The number of thiazole rings is 1. The second-order valence-corrected chi connectivity index (χ2v) is 11.9. The number of hydrogen-bond acceptors (Lipinski definition) is 7. The summed E-state index contributed by atoms with van der Waals surface area (Å²) >= 11 is 1.51. The summed E-state index contributed by atoms with van der Waals surface area (Å²) in [7, 11) is 0. The first-order valence-corrected chi connectivity index (χ1v) is 14.3. The summed E-state index contributed by atoms with van der Waals surface area (Å²) in [6, 6.07) is 10.9. The van der Waals surface area contributed by atoms with Gasteiger partial charge in [-0.15, -0.1) is 0 Å². The second-order valence-electron chi connectivity index (χ2n) is 10.9. The number of rotatable bonds is 7. The summed E-state index contributed by atoms with van der Waals surface area (Å²) in [5.74, 6) is -0.142. The highest BCUT2D eigenvalue weighted by atomic mass is 32.1. The van der Waals surface area contributed by atoms with Crippen LogP contribution >= 0.6 is 11.3 Å². The van der Waals surface area contributed by atoms with Gasteiger partial charge in [-0.1, -0.05) is 34.7 Å². The fourth-order valence-electron chi connectivity index (χ4n) is 6.21. The lowest BCUT2D eigenvalue weighted by Crippen LogP contribution is -2.45. The maximum atomic E-state index is 13.8. The molecule has 1 saturated carbocycles. The standard InChI is InChI=1S/C29H26F3N3O4S/c30-29(31,32)22-4-2-1-3-20(22)25-21(26(39-34-25)15-5-6-15)14-38-19-12-17-8-9-18(13-19)35(17)28-33-23-10-7-16(27(36)37)11-24(23)40-28/h1-4,7,10-11,15,17-19H,5-6,8-9,12-14H2,(H,36,37)/t17-,18+,19+. The molecule has 7 nitrogen and oxygen atoms in total. The molecule has 2 saturated heterocycles. The first kappa shape index (κ1) is 25.5. The van der Waals surface area contributed by atoms with Gasteiger partial charge in [-0.2, -0.15) is 13.2 Å². The molecule has 1 aliphatic carbocycles. The molecule has 3 atom stereocenters. The maximum Gasteiger partial charge on any atom is 0.417 e. The van der Waals surface area contributed by atoms with Crippen LogP contribution in [0.25, 0.3) is 21.5 Å². The van der Waals surface area contributed by atoms with Crippen molar-refractivity contribution in [1.29, 1.82) is 0 Å². The molecular formula is C29H26F3N3O4S. The third-order valence-corrected chi connectivity index (χ3v) is 9.28. The van der Waals surface area contributed by atoms with Crippen molar-refractivity contribution in [3.63, 3.8) is 0 Å². The van der Waals surface area contributed by atoms with Crippen LogP contribution in [0.3, 0.4) is 0 Å². The number of anilines is 1. The molecular weight excluding hydrogens is 543 g/mol. The molecule has 7 rings (SSSR count). The molecule has 0 unspecified atom stereocenters. The van der Waals surface area contributed by atoms with Crippen molar-refractivity contribution in [2.75, 3.05) is 4.90 Å². The van der Waals surface area contributed by atoms with Crippen LogP contribution in [0.1, 0.15) is 71.7 Å². The number of carboxylic acids is 1. The van der Waals surface area contributed by atoms with Gasteiger partial charge in [0.1, 0.15) is 11.5 Å². The van der Waals surface area contributed by atoms with Gasteiger partial charge in [-0.3, -0.25) is 0 Å². The molecule has 40 heavy (non-hydrogen) atoms. The average molecular weight is 570 g/mol.